The summed E-state index contributed by atoms with van der Waals surface area (Å²) in [5.74, 6) is 0.0405. The van der Waals surface area contributed by atoms with Crippen LogP contribution in [0.5, 0.6) is 0 Å². The van der Waals surface area contributed by atoms with Gasteiger partial charge in [0.25, 0.3) is 0 Å². The Bertz CT molecular complexity index is 495. The van der Waals surface area contributed by atoms with Crippen molar-refractivity contribution in [3.05, 3.63) is 29.8 Å². The van der Waals surface area contributed by atoms with E-state index in [4.69, 9.17) is 15.7 Å². The van der Waals surface area contributed by atoms with Crippen LogP contribution in [0.2, 0.25) is 0 Å². The molecule has 2 rings (SSSR count). The Morgan fingerprint density at radius 2 is 1.95 bits per heavy atom. The molecule has 1 aromatic rings. The molecule has 1 saturated heterocycles. The van der Waals surface area contributed by atoms with Crippen molar-refractivity contribution in [2.45, 2.75) is 0 Å². The van der Waals surface area contributed by atoms with Crippen LogP contribution >= 0.6 is 0 Å². The summed E-state index contributed by atoms with van der Waals surface area (Å²) in [6.45, 7) is 2.35. The Morgan fingerprint density at radius 1 is 1.35 bits per heavy atom. The SMILES string of the molecule is CN(C(=O)N1CCOCC1)c1ccc(C(N)=NO)cc1. The van der Waals surface area contributed by atoms with Gasteiger partial charge in [0, 0.05) is 31.4 Å². The van der Waals surface area contributed by atoms with Gasteiger partial charge in [0.05, 0.1) is 13.2 Å². The molecule has 7 nitrogen and oxygen atoms in total. The number of morpholine rings is 1. The number of carbonyl (C=O) groups excluding carboxylic acids is 1. The number of benzene rings is 1. The van der Waals surface area contributed by atoms with E-state index in [9.17, 15) is 4.79 Å². The molecule has 1 aliphatic heterocycles. The summed E-state index contributed by atoms with van der Waals surface area (Å²) >= 11 is 0. The largest absolute Gasteiger partial charge is 0.409 e. The monoisotopic (exact) mass is 278 g/mol. The quantitative estimate of drug-likeness (QED) is 0.360. The molecule has 3 N–H and O–H groups in total. The molecule has 0 bridgehead atoms. The number of rotatable bonds is 2. The fourth-order valence-corrected chi connectivity index (χ4v) is 1.99. The number of carbonyl (C=O) groups is 1. The van der Waals surface area contributed by atoms with E-state index in [0.717, 1.165) is 5.69 Å². The van der Waals surface area contributed by atoms with Crippen LogP contribution < -0.4 is 10.6 Å². The lowest BCUT2D eigenvalue weighted by Crippen LogP contribution is -2.47. The summed E-state index contributed by atoms with van der Waals surface area (Å²) in [5.41, 5.74) is 6.84. The highest BCUT2D eigenvalue weighted by Gasteiger charge is 2.21. The molecule has 0 radical (unpaired) electrons. The van der Waals surface area contributed by atoms with Crippen molar-refractivity contribution in [2.24, 2.45) is 10.9 Å². The van der Waals surface area contributed by atoms with E-state index >= 15 is 0 Å². The van der Waals surface area contributed by atoms with Gasteiger partial charge < -0.3 is 20.6 Å². The van der Waals surface area contributed by atoms with E-state index < -0.39 is 0 Å². The zero-order chi connectivity index (χ0) is 14.5. The minimum absolute atomic E-state index is 0.0405. The molecule has 0 atom stereocenters. The molecule has 0 aliphatic carbocycles. The average Bonchev–Trinajstić information content (AvgIpc) is 2.53. The van der Waals surface area contributed by atoms with Gasteiger partial charge in [-0.25, -0.2) is 4.79 Å². The molecule has 0 aromatic heterocycles. The van der Waals surface area contributed by atoms with Gasteiger partial charge in [-0.2, -0.15) is 0 Å². The van der Waals surface area contributed by atoms with Gasteiger partial charge in [-0.15, -0.1) is 0 Å². The first-order chi connectivity index (χ1) is 9.63. The molecule has 20 heavy (non-hydrogen) atoms. The van der Waals surface area contributed by atoms with Crippen molar-refractivity contribution < 1.29 is 14.7 Å². The van der Waals surface area contributed by atoms with Gasteiger partial charge in [-0.05, 0) is 24.3 Å². The Labute approximate surface area is 117 Å². The first-order valence-electron chi connectivity index (χ1n) is 6.32. The second kappa shape index (κ2) is 6.25. The number of oxime groups is 1. The highest BCUT2D eigenvalue weighted by Crippen LogP contribution is 2.16. The minimum Gasteiger partial charge on any atom is -0.409 e. The van der Waals surface area contributed by atoms with Gasteiger partial charge in [0.2, 0.25) is 0 Å². The first kappa shape index (κ1) is 14.1. The Morgan fingerprint density at radius 3 is 2.50 bits per heavy atom. The third-order valence-corrected chi connectivity index (χ3v) is 3.23. The molecule has 1 aliphatic rings. The lowest BCUT2D eigenvalue weighted by molar-refractivity contribution is 0.0551. The van der Waals surface area contributed by atoms with E-state index in [-0.39, 0.29) is 11.9 Å². The predicted molar refractivity (Wildman–Crippen MR) is 75.1 cm³/mol. The number of hydrogen-bond donors (Lipinski definition) is 2. The summed E-state index contributed by atoms with van der Waals surface area (Å²) in [6, 6.07) is 6.85. The van der Waals surface area contributed by atoms with E-state index in [1.807, 2.05) is 0 Å². The molecule has 1 heterocycles. The molecule has 7 heteroatoms. The van der Waals surface area contributed by atoms with Gasteiger partial charge >= 0.3 is 6.03 Å². The summed E-state index contributed by atoms with van der Waals surface area (Å²) in [7, 11) is 1.72. The van der Waals surface area contributed by atoms with Crippen molar-refractivity contribution in [3.8, 4) is 0 Å². The van der Waals surface area contributed by atoms with Crippen molar-refractivity contribution in [1.82, 2.24) is 4.90 Å². The molecular weight excluding hydrogens is 260 g/mol. The molecule has 2 amide bonds. The molecule has 0 unspecified atom stereocenters. The molecule has 0 saturated carbocycles. The van der Waals surface area contributed by atoms with Gasteiger partial charge in [-0.1, -0.05) is 5.16 Å². The number of amidine groups is 1. The average molecular weight is 278 g/mol. The standard InChI is InChI=1S/C13H18N4O3/c1-16(13(18)17-6-8-20-9-7-17)11-4-2-10(3-5-11)12(14)15-19/h2-5,19H,6-9H2,1H3,(H2,14,15). The van der Waals surface area contributed by atoms with Crippen LogP contribution in [0.15, 0.2) is 29.4 Å². The maximum Gasteiger partial charge on any atom is 0.324 e. The van der Waals surface area contributed by atoms with Crippen LogP contribution in [-0.4, -0.2) is 55.3 Å². The number of amides is 2. The number of anilines is 1. The fraction of sp³-hybridized carbons (Fsp3) is 0.385. The number of nitrogens with zero attached hydrogens (tertiary/aromatic N) is 3. The minimum atomic E-state index is -0.0650. The van der Waals surface area contributed by atoms with E-state index in [2.05, 4.69) is 5.16 Å². The summed E-state index contributed by atoms with van der Waals surface area (Å²) in [6.07, 6.45) is 0. The van der Waals surface area contributed by atoms with Crippen LogP contribution in [-0.2, 0) is 4.74 Å². The van der Waals surface area contributed by atoms with Gasteiger partial charge in [-0.3, -0.25) is 4.90 Å². The third kappa shape index (κ3) is 3.00. The van der Waals surface area contributed by atoms with Crippen molar-refractivity contribution in [2.75, 3.05) is 38.3 Å². The Balaban J connectivity index is 2.08. The number of nitrogens with two attached hydrogens (primary N) is 1. The fourth-order valence-electron chi connectivity index (χ4n) is 1.99. The lowest BCUT2D eigenvalue weighted by atomic mass is 10.2. The van der Waals surface area contributed by atoms with Crippen LogP contribution in [0.3, 0.4) is 0 Å². The maximum absolute atomic E-state index is 12.3. The van der Waals surface area contributed by atoms with E-state index in [1.54, 1.807) is 41.1 Å². The summed E-state index contributed by atoms with van der Waals surface area (Å²) in [5, 5.41) is 11.5. The smallest absolute Gasteiger partial charge is 0.324 e. The van der Waals surface area contributed by atoms with E-state index in [0.29, 0.717) is 31.9 Å². The second-order valence-corrected chi connectivity index (χ2v) is 4.47. The molecule has 0 spiro atoms. The number of urea groups is 1. The normalized spacial score (nSPS) is 16.1. The van der Waals surface area contributed by atoms with Crippen LogP contribution in [0.25, 0.3) is 0 Å². The molecular formula is C13H18N4O3. The van der Waals surface area contributed by atoms with Gasteiger partial charge in [0.15, 0.2) is 5.84 Å². The molecule has 1 aromatic carbocycles. The zero-order valence-corrected chi connectivity index (χ0v) is 11.3. The van der Waals surface area contributed by atoms with Crippen LogP contribution in [0.4, 0.5) is 10.5 Å². The zero-order valence-electron chi connectivity index (χ0n) is 11.3. The number of hydrogen-bond acceptors (Lipinski definition) is 4. The van der Waals surface area contributed by atoms with Crippen molar-refractivity contribution >= 4 is 17.6 Å². The van der Waals surface area contributed by atoms with Crippen LogP contribution in [0, 0.1) is 0 Å². The third-order valence-electron chi connectivity index (χ3n) is 3.23. The highest BCUT2D eigenvalue weighted by molar-refractivity contribution is 5.98. The topological polar surface area (TPSA) is 91.4 Å². The molecule has 1 fully saturated rings. The molecule has 108 valence electrons. The number of ether oxygens (including phenoxy) is 1. The van der Waals surface area contributed by atoms with Crippen LogP contribution in [0.1, 0.15) is 5.56 Å². The summed E-state index contributed by atoms with van der Waals surface area (Å²) < 4.78 is 5.23. The van der Waals surface area contributed by atoms with Gasteiger partial charge in [0.1, 0.15) is 0 Å². The Kier molecular flexibility index (Phi) is 4.41. The first-order valence-corrected chi connectivity index (χ1v) is 6.32. The maximum atomic E-state index is 12.3. The van der Waals surface area contributed by atoms with Crippen molar-refractivity contribution in [3.63, 3.8) is 0 Å². The second-order valence-electron chi connectivity index (χ2n) is 4.47. The van der Waals surface area contributed by atoms with E-state index in [1.165, 1.54) is 0 Å². The van der Waals surface area contributed by atoms with Crippen molar-refractivity contribution in [1.29, 1.82) is 0 Å². The lowest BCUT2D eigenvalue weighted by Gasteiger charge is -2.31. The Hall–Kier alpha value is -2.28. The highest BCUT2D eigenvalue weighted by atomic mass is 16.5. The predicted octanol–water partition coefficient (Wildman–Crippen LogP) is 0.669. The summed E-state index contributed by atoms with van der Waals surface area (Å²) in [4.78, 5) is 15.6.